The van der Waals surface area contributed by atoms with Crippen LogP contribution in [0.5, 0.6) is 0 Å². The number of fused-ring (bicyclic) bond motifs is 2. The van der Waals surface area contributed by atoms with Crippen molar-refractivity contribution in [3.05, 3.63) is 58.6 Å². The van der Waals surface area contributed by atoms with E-state index in [2.05, 4.69) is 30.8 Å². The first-order valence-corrected chi connectivity index (χ1v) is 7.48. The molecular formula is C16H11BrFN3. The molecule has 0 spiro atoms. The summed E-state index contributed by atoms with van der Waals surface area (Å²) in [5, 5.41) is 0.962. The number of benzene rings is 2. The van der Waals surface area contributed by atoms with E-state index in [4.69, 9.17) is 0 Å². The molecule has 0 radical (unpaired) electrons. The van der Waals surface area contributed by atoms with Crippen LogP contribution in [0.15, 0.2) is 47.2 Å². The summed E-state index contributed by atoms with van der Waals surface area (Å²) < 4.78 is 14.5. The summed E-state index contributed by atoms with van der Waals surface area (Å²) in [6.07, 6.45) is 2.46. The van der Waals surface area contributed by atoms with Gasteiger partial charge >= 0.3 is 0 Å². The molecule has 3 aromatic rings. The number of rotatable bonds is 1. The van der Waals surface area contributed by atoms with Crippen LogP contribution < -0.4 is 4.90 Å². The molecule has 0 atom stereocenters. The molecule has 3 nitrogen and oxygen atoms in total. The van der Waals surface area contributed by atoms with Crippen LogP contribution >= 0.6 is 15.9 Å². The summed E-state index contributed by atoms with van der Waals surface area (Å²) in [6.45, 7) is 0.803. The van der Waals surface area contributed by atoms with Gasteiger partial charge in [0.15, 0.2) is 0 Å². The van der Waals surface area contributed by atoms with E-state index >= 15 is 0 Å². The van der Waals surface area contributed by atoms with Gasteiger partial charge in [-0.3, -0.25) is 0 Å². The quantitative estimate of drug-likeness (QED) is 0.662. The minimum atomic E-state index is -0.222. The van der Waals surface area contributed by atoms with E-state index in [0.29, 0.717) is 0 Å². The Bertz CT molecular complexity index is 850. The molecule has 0 saturated carbocycles. The second-order valence-corrected chi connectivity index (χ2v) is 5.95. The van der Waals surface area contributed by atoms with E-state index in [1.54, 1.807) is 12.4 Å². The molecule has 2 heterocycles. The lowest BCUT2D eigenvalue weighted by molar-refractivity contribution is 0.628. The molecule has 0 bridgehead atoms. The standard InChI is InChI=1S/C16H11BrFN3/c17-11-2-4-14-13(7-11)16(20-9-19-14)21-6-5-10-1-3-12(18)8-15(10)21/h1-4,7-9H,5-6H2. The lowest BCUT2D eigenvalue weighted by Gasteiger charge is -2.20. The minimum absolute atomic E-state index is 0.222. The molecule has 2 aromatic carbocycles. The summed E-state index contributed by atoms with van der Waals surface area (Å²) in [5.74, 6) is 0.603. The maximum atomic E-state index is 13.6. The number of hydrogen-bond donors (Lipinski definition) is 0. The Morgan fingerprint density at radius 1 is 1.10 bits per heavy atom. The average Bonchev–Trinajstić information content (AvgIpc) is 2.89. The molecule has 104 valence electrons. The topological polar surface area (TPSA) is 29.0 Å². The van der Waals surface area contributed by atoms with E-state index in [1.165, 1.54) is 6.07 Å². The van der Waals surface area contributed by atoms with Gasteiger partial charge < -0.3 is 4.90 Å². The largest absolute Gasteiger partial charge is 0.325 e. The third-order valence-corrected chi connectivity index (χ3v) is 4.27. The Kier molecular flexibility index (Phi) is 2.89. The van der Waals surface area contributed by atoms with Gasteiger partial charge in [0.1, 0.15) is 18.0 Å². The number of anilines is 2. The molecule has 0 saturated heterocycles. The van der Waals surface area contributed by atoms with E-state index in [0.717, 1.165) is 45.4 Å². The highest BCUT2D eigenvalue weighted by Crippen LogP contribution is 2.37. The van der Waals surface area contributed by atoms with Crippen molar-refractivity contribution >= 4 is 38.3 Å². The zero-order valence-electron chi connectivity index (χ0n) is 11.1. The normalized spacial score (nSPS) is 13.7. The van der Waals surface area contributed by atoms with Gasteiger partial charge in [-0.2, -0.15) is 0 Å². The van der Waals surface area contributed by atoms with E-state index in [9.17, 15) is 4.39 Å². The van der Waals surface area contributed by atoms with E-state index in [1.807, 2.05) is 24.3 Å². The first-order chi connectivity index (χ1) is 10.2. The molecule has 0 unspecified atom stereocenters. The Morgan fingerprint density at radius 2 is 2.00 bits per heavy atom. The van der Waals surface area contributed by atoms with Crippen molar-refractivity contribution in [1.29, 1.82) is 0 Å². The molecule has 1 aliphatic heterocycles. The molecule has 21 heavy (non-hydrogen) atoms. The summed E-state index contributed by atoms with van der Waals surface area (Å²) >= 11 is 3.48. The van der Waals surface area contributed by atoms with Crippen molar-refractivity contribution in [3.63, 3.8) is 0 Å². The molecule has 0 N–H and O–H groups in total. The van der Waals surface area contributed by atoms with Gasteiger partial charge in [-0.1, -0.05) is 22.0 Å². The van der Waals surface area contributed by atoms with Gasteiger partial charge in [-0.05, 0) is 42.3 Å². The Morgan fingerprint density at radius 3 is 2.90 bits per heavy atom. The van der Waals surface area contributed by atoms with Crippen LogP contribution in [0.25, 0.3) is 10.9 Å². The lowest BCUT2D eigenvalue weighted by Crippen LogP contribution is -2.15. The van der Waals surface area contributed by atoms with Crippen LogP contribution in [0.3, 0.4) is 0 Å². The van der Waals surface area contributed by atoms with Crippen molar-refractivity contribution in [2.24, 2.45) is 0 Å². The minimum Gasteiger partial charge on any atom is -0.325 e. The monoisotopic (exact) mass is 343 g/mol. The first-order valence-electron chi connectivity index (χ1n) is 6.68. The maximum Gasteiger partial charge on any atom is 0.144 e. The lowest BCUT2D eigenvalue weighted by atomic mass is 10.1. The molecule has 4 rings (SSSR count). The first kappa shape index (κ1) is 12.7. The van der Waals surface area contributed by atoms with Gasteiger partial charge in [0.2, 0.25) is 0 Å². The van der Waals surface area contributed by atoms with Gasteiger partial charge in [-0.15, -0.1) is 0 Å². The van der Waals surface area contributed by atoms with Crippen LogP contribution in [0.2, 0.25) is 0 Å². The highest BCUT2D eigenvalue weighted by Gasteiger charge is 2.23. The summed E-state index contributed by atoms with van der Waals surface area (Å²) in [6, 6.07) is 10.8. The smallest absolute Gasteiger partial charge is 0.144 e. The predicted octanol–water partition coefficient (Wildman–Crippen LogP) is 4.23. The maximum absolute atomic E-state index is 13.6. The van der Waals surface area contributed by atoms with Crippen molar-refractivity contribution in [2.75, 3.05) is 11.4 Å². The molecule has 0 fully saturated rings. The Balaban J connectivity index is 1.93. The van der Waals surface area contributed by atoms with Crippen LogP contribution in [0.1, 0.15) is 5.56 Å². The van der Waals surface area contributed by atoms with Crippen LogP contribution in [-0.2, 0) is 6.42 Å². The van der Waals surface area contributed by atoms with E-state index < -0.39 is 0 Å². The van der Waals surface area contributed by atoms with Crippen molar-refractivity contribution < 1.29 is 4.39 Å². The molecule has 1 aromatic heterocycles. The molecule has 0 aliphatic carbocycles. The van der Waals surface area contributed by atoms with Gasteiger partial charge in [0.05, 0.1) is 5.52 Å². The number of aromatic nitrogens is 2. The second-order valence-electron chi connectivity index (χ2n) is 5.03. The van der Waals surface area contributed by atoms with E-state index in [-0.39, 0.29) is 5.82 Å². The second kappa shape index (κ2) is 4.77. The molecule has 0 amide bonds. The zero-order valence-corrected chi connectivity index (χ0v) is 12.6. The zero-order chi connectivity index (χ0) is 14.4. The highest BCUT2D eigenvalue weighted by atomic mass is 79.9. The third-order valence-electron chi connectivity index (χ3n) is 3.77. The van der Waals surface area contributed by atoms with Crippen molar-refractivity contribution in [2.45, 2.75) is 6.42 Å². The molecular weight excluding hydrogens is 333 g/mol. The summed E-state index contributed by atoms with van der Waals surface area (Å²) in [7, 11) is 0. The summed E-state index contributed by atoms with van der Waals surface area (Å²) in [4.78, 5) is 10.8. The van der Waals surface area contributed by atoms with Crippen LogP contribution in [0.4, 0.5) is 15.9 Å². The van der Waals surface area contributed by atoms with Crippen LogP contribution in [-0.4, -0.2) is 16.5 Å². The Labute approximate surface area is 129 Å². The summed E-state index contributed by atoms with van der Waals surface area (Å²) in [5.41, 5.74) is 2.93. The van der Waals surface area contributed by atoms with Crippen molar-refractivity contribution in [1.82, 2.24) is 9.97 Å². The average molecular weight is 344 g/mol. The molecule has 1 aliphatic rings. The highest BCUT2D eigenvalue weighted by molar-refractivity contribution is 9.10. The fraction of sp³-hybridized carbons (Fsp3) is 0.125. The number of hydrogen-bond acceptors (Lipinski definition) is 3. The fourth-order valence-electron chi connectivity index (χ4n) is 2.80. The van der Waals surface area contributed by atoms with Crippen molar-refractivity contribution in [3.8, 4) is 0 Å². The number of halogens is 2. The third kappa shape index (κ3) is 2.08. The Hall–Kier alpha value is -2.01. The number of nitrogens with zero attached hydrogens (tertiary/aromatic N) is 3. The van der Waals surface area contributed by atoms with Gasteiger partial charge in [-0.25, -0.2) is 14.4 Å². The van der Waals surface area contributed by atoms with Gasteiger partial charge in [0.25, 0.3) is 0 Å². The van der Waals surface area contributed by atoms with Crippen LogP contribution in [0, 0.1) is 5.82 Å². The SMILES string of the molecule is Fc1ccc2c(c1)N(c1ncnc3ccc(Br)cc13)CC2. The fourth-order valence-corrected chi connectivity index (χ4v) is 3.16. The molecule has 5 heteroatoms. The predicted molar refractivity (Wildman–Crippen MR) is 84.3 cm³/mol. The van der Waals surface area contributed by atoms with Gasteiger partial charge in [0, 0.05) is 22.1 Å².